The minimum Gasteiger partial charge on any atom is -0.508 e. The first kappa shape index (κ1) is 33.9. The van der Waals surface area contributed by atoms with E-state index < -0.39 is 41.6 Å². The quantitative estimate of drug-likeness (QED) is 0.268. The predicted octanol–water partition coefficient (Wildman–Crippen LogP) is 4.69. The van der Waals surface area contributed by atoms with Crippen molar-refractivity contribution in [3.05, 3.63) is 29.8 Å². The van der Waals surface area contributed by atoms with Gasteiger partial charge >= 0.3 is 6.09 Å². The number of carbonyl (C=O) groups is 4. The van der Waals surface area contributed by atoms with E-state index in [1.165, 1.54) is 17.0 Å². The van der Waals surface area contributed by atoms with Crippen LogP contribution in [0.25, 0.3) is 0 Å². The number of nitrogens with zero attached hydrogens (tertiary/aromatic N) is 1. The number of phenols is 1. The van der Waals surface area contributed by atoms with Crippen LogP contribution in [0.1, 0.15) is 111 Å². The number of ether oxygens (including phenoxy) is 1. The molecule has 3 unspecified atom stereocenters. The fraction of sp³-hybridized carbons (Fsp3) is 0.677. The van der Waals surface area contributed by atoms with E-state index in [1.807, 2.05) is 6.92 Å². The van der Waals surface area contributed by atoms with Gasteiger partial charge in [-0.15, -0.1) is 0 Å². The van der Waals surface area contributed by atoms with Crippen molar-refractivity contribution in [3.8, 4) is 5.75 Å². The molecule has 1 fully saturated rings. The van der Waals surface area contributed by atoms with Gasteiger partial charge in [0.15, 0.2) is 0 Å². The van der Waals surface area contributed by atoms with E-state index in [9.17, 15) is 24.3 Å². The maximum atomic E-state index is 14.4. The first-order valence-electron chi connectivity index (χ1n) is 14.9. The zero-order valence-electron chi connectivity index (χ0n) is 25.6. The number of nitrogens with one attached hydrogen (secondary N) is 2. The molecule has 41 heavy (non-hydrogen) atoms. The Morgan fingerprint density at radius 2 is 1.71 bits per heavy atom. The van der Waals surface area contributed by atoms with Crippen molar-refractivity contribution in [2.24, 2.45) is 11.7 Å². The van der Waals surface area contributed by atoms with Gasteiger partial charge in [0.05, 0.1) is 0 Å². The Kier molecular flexibility index (Phi) is 12.9. The second-order valence-electron chi connectivity index (χ2n) is 12.6. The van der Waals surface area contributed by atoms with Crippen molar-refractivity contribution in [3.63, 3.8) is 0 Å². The molecule has 10 nitrogen and oxygen atoms in total. The van der Waals surface area contributed by atoms with Crippen LogP contribution in [0.2, 0.25) is 0 Å². The van der Waals surface area contributed by atoms with Crippen molar-refractivity contribution < 1.29 is 29.0 Å². The number of nitrogens with two attached hydrogens (primary N) is 1. The summed E-state index contributed by atoms with van der Waals surface area (Å²) in [5.41, 5.74) is 5.05. The van der Waals surface area contributed by atoms with E-state index in [4.69, 9.17) is 10.5 Å². The maximum Gasteiger partial charge on any atom is 0.408 e. The molecule has 230 valence electrons. The zero-order chi connectivity index (χ0) is 30.7. The molecule has 0 radical (unpaired) electrons. The summed E-state index contributed by atoms with van der Waals surface area (Å²) in [6.45, 7) is 11.2. The summed E-state index contributed by atoms with van der Waals surface area (Å²) in [5, 5.41) is 16.1. The predicted molar refractivity (Wildman–Crippen MR) is 158 cm³/mol. The molecule has 1 saturated carbocycles. The molecule has 10 heteroatoms. The van der Waals surface area contributed by atoms with E-state index in [1.54, 1.807) is 32.9 Å². The van der Waals surface area contributed by atoms with Gasteiger partial charge in [-0.1, -0.05) is 45.2 Å². The second-order valence-corrected chi connectivity index (χ2v) is 12.6. The van der Waals surface area contributed by atoms with Gasteiger partial charge in [0.2, 0.25) is 17.7 Å². The number of rotatable bonds is 13. The van der Waals surface area contributed by atoms with E-state index in [0.717, 1.165) is 38.5 Å². The van der Waals surface area contributed by atoms with E-state index in [2.05, 4.69) is 24.5 Å². The molecule has 5 N–H and O–H groups in total. The van der Waals surface area contributed by atoms with Gasteiger partial charge in [-0.25, -0.2) is 4.79 Å². The number of alkyl carbamates (subject to hydrolysis) is 1. The number of aromatic hydroxyl groups is 1. The highest BCUT2D eigenvalue weighted by atomic mass is 16.6. The van der Waals surface area contributed by atoms with Crippen LogP contribution < -0.4 is 16.4 Å². The highest BCUT2D eigenvalue weighted by Gasteiger charge is 2.39. The topological polar surface area (TPSA) is 151 Å². The lowest BCUT2D eigenvalue weighted by Gasteiger charge is -2.39. The lowest BCUT2D eigenvalue weighted by molar-refractivity contribution is -0.145. The smallest absolute Gasteiger partial charge is 0.408 e. The van der Waals surface area contributed by atoms with Crippen LogP contribution in [0.15, 0.2) is 24.3 Å². The van der Waals surface area contributed by atoms with Gasteiger partial charge in [0, 0.05) is 18.5 Å². The summed E-state index contributed by atoms with van der Waals surface area (Å²) in [7, 11) is 0. The summed E-state index contributed by atoms with van der Waals surface area (Å²) in [4.78, 5) is 54.4. The lowest BCUT2D eigenvalue weighted by Crippen LogP contribution is -2.56. The van der Waals surface area contributed by atoms with Crippen LogP contribution in [0, 0.1) is 5.92 Å². The molecule has 0 aliphatic heterocycles. The summed E-state index contributed by atoms with van der Waals surface area (Å²) in [6, 6.07) is 3.68. The van der Waals surface area contributed by atoms with Crippen molar-refractivity contribution in [1.82, 2.24) is 15.5 Å². The highest BCUT2D eigenvalue weighted by molar-refractivity contribution is 5.93. The number of benzene rings is 1. The Labute approximate surface area is 244 Å². The van der Waals surface area contributed by atoms with Crippen LogP contribution in [0.3, 0.4) is 0 Å². The minimum atomic E-state index is -1.17. The normalized spacial score (nSPS) is 16.4. The van der Waals surface area contributed by atoms with Crippen LogP contribution >= 0.6 is 0 Å². The number of phenolic OH excluding ortho intramolecular Hbond substituents is 1. The van der Waals surface area contributed by atoms with Crippen LogP contribution in [-0.4, -0.2) is 57.5 Å². The van der Waals surface area contributed by atoms with Crippen molar-refractivity contribution in [1.29, 1.82) is 0 Å². The molecule has 1 aromatic rings. The fourth-order valence-electron chi connectivity index (χ4n) is 5.15. The van der Waals surface area contributed by atoms with Gasteiger partial charge in [-0.3, -0.25) is 14.4 Å². The Morgan fingerprint density at radius 1 is 1.05 bits per heavy atom. The molecule has 1 aromatic carbocycles. The third-order valence-electron chi connectivity index (χ3n) is 7.22. The van der Waals surface area contributed by atoms with E-state index in [0.29, 0.717) is 17.9 Å². The second kappa shape index (κ2) is 15.6. The van der Waals surface area contributed by atoms with E-state index >= 15 is 0 Å². The molecular weight excluding hydrogens is 524 g/mol. The van der Waals surface area contributed by atoms with Crippen molar-refractivity contribution >= 4 is 23.8 Å². The Hall–Kier alpha value is -3.30. The molecule has 0 saturated heterocycles. The largest absolute Gasteiger partial charge is 0.508 e. The minimum absolute atomic E-state index is 0.00970. The number of amides is 4. The average Bonchev–Trinajstić information content (AvgIpc) is 2.87. The average molecular weight is 575 g/mol. The van der Waals surface area contributed by atoms with Gasteiger partial charge in [-0.05, 0) is 83.4 Å². The van der Waals surface area contributed by atoms with Gasteiger partial charge in [0.25, 0.3) is 0 Å². The fourth-order valence-corrected chi connectivity index (χ4v) is 5.15. The third-order valence-corrected chi connectivity index (χ3v) is 7.22. The Balaban J connectivity index is 2.56. The Morgan fingerprint density at radius 3 is 2.27 bits per heavy atom. The molecule has 0 aromatic heterocycles. The first-order valence-corrected chi connectivity index (χ1v) is 14.9. The summed E-state index contributed by atoms with van der Waals surface area (Å²) < 4.78 is 5.40. The Bertz CT molecular complexity index is 1030. The highest BCUT2D eigenvalue weighted by Crippen LogP contribution is 2.30. The van der Waals surface area contributed by atoms with Gasteiger partial charge < -0.3 is 31.1 Å². The summed E-state index contributed by atoms with van der Waals surface area (Å²) in [5.74, 6) is -1.17. The summed E-state index contributed by atoms with van der Waals surface area (Å²) >= 11 is 0. The molecular formula is C31H50N4O6. The van der Waals surface area contributed by atoms with Crippen LogP contribution in [0.5, 0.6) is 5.75 Å². The van der Waals surface area contributed by atoms with Gasteiger partial charge in [-0.2, -0.15) is 0 Å². The summed E-state index contributed by atoms with van der Waals surface area (Å²) in [6.07, 6.45) is 5.26. The molecule has 0 heterocycles. The first-order chi connectivity index (χ1) is 19.2. The molecule has 3 atom stereocenters. The monoisotopic (exact) mass is 574 g/mol. The zero-order valence-corrected chi connectivity index (χ0v) is 25.6. The van der Waals surface area contributed by atoms with Crippen LogP contribution in [0.4, 0.5) is 4.79 Å². The number of carbonyl (C=O) groups excluding carboxylic acids is 4. The number of primary amides is 1. The van der Waals surface area contributed by atoms with Crippen LogP contribution in [-0.2, 0) is 19.1 Å². The van der Waals surface area contributed by atoms with E-state index in [-0.39, 0.29) is 30.5 Å². The van der Waals surface area contributed by atoms with Crippen molar-refractivity contribution in [2.75, 3.05) is 0 Å². The lowest BCUT2D eigenvalue weighted by atomic mass is 9.93. The molecule has 4 amide bonds. The number of hydrogen-bond acceptors (Lipinski definition) is 6. The maximum absolute atomic E-state index is 14.4. The molecule has 1 aliphatic rings. The number of hydrogen-bond donors (Lipinski definition) is 4. The third kappa shape index (κ3) is 11.6. The SMILES string of the molecule is CC(C)CCC(C)N(C(=O)C(CCC(N)=O)NC(=O)OC(C)(C)C)C(C(=O)NC1CCCCC1)c1cccc(O)c1. The van der Waals surface area contributed by atoms with Gasteiger partial charge in [0.1, 0.15) is 23.4 Å². The molecule has 2 rings (SSSR count). The van der Waals surface area contributed by atoms with Crippen molar-refractivity contribution in [2.45, 2.75) is 129 Å². The molecule has 1 aliphatic carbocycles. The molecule has 0 spiro atoms. The standard InChI is InChI=1S/C31H50N4O6/c1-20(2)15-16-21(3)35(29(39)25(17-18-26(32)37)34-30(40)41-31(4,5)6)27(22-11-10-14-24(36)19-22)28(38)33-23-12-8-7-9-13-23/h10-11,14,19-21,23,25,27,36H,7-9,12-13,15-18H2,1-6H3,(H2,32,37)(H,33,38)(H,34,40). The molecule has 0 bridgehead atoms.